The highest BCUT2D eigenvalue weighted by Gasteiger charge is 2.19. The molecule has 24 heavy (non-hydrogen) atoms. The average molecular weight is 460 g/mol. The van der Waals surface area contributed by atoms with Crippen molar-refractivity contribution in [2.45, 2.75) is 13.5 Å². The highest BCUT2D eigenvalue weighted by molar-refractivity contribution is 14.1. The number of imidazole rings is 1. The fourth-order valence-electron chi connectivity index (χ4n) is 2.10. The Hall–Kier alpha value is -1.88. The lowest BCUT2D eigenvalue weighted by molar-refractivity contribution is 0.0720. The minimum Gasteiger partial charge on any atom is -0.298 e. The number of thiazole rings is 1. The van der Waals surface area contributed by atoms with Crippen molar-refractivity contribution >= 4 is 45.0 Å². The van der Waals surface area contributed by atoms with E-state index >= 15 is 0 Å². The van der Waals surface area contributed by atoms with Gasteiger partial charge in [-0.05, 0) is 47.7 Å². The maximum atomic E-state index is 13.0. The van der Waals surface area contributed by atoms with Crippen LogP contribution >= 0.6 is 33.9 Å². The summed E-state index contributed by atoms with van der Waals surface area (Å²) in [5.41, 5.74) is 1.04. The van der Waals surface area contributed by atoms with Crippen molar-refractivity contribution in [1.29, 1.82) is 0 Å². The fraction of sp³-hybridized carbons (Fsp3) is 0.133. The number of benzene rings is 1. The third kappa shape index (κ3) is 3.46. The third-order valence-corrected chi connectivity index (χ3v) is 4.93. The molecule has 3 aromatic rings. The molecule has 124 valence electrons. The molecular weight excluding hydrogens is 449 g/mol. The van der Waals surface area contributed by atoms with Crippen LogP contribution in [0.2, 0.25) is 0 Å². The Morgan fingerprint density at radius 2 is 2.21 bits per heavy atom. The highest BCUT2D eigenvalue weighted by atomic mass is 127. The van der Waals surface area contributed by atoms with E-state index in [1.54, 1.807) is 25.1 Å². The van der Waals surface area contributed by atoms with Gasteiger partial charge in [0.2, 0.25) is 0 Å². The number of carbonyl (C=O) groups excluding carboxylic acids is 1. The van der Waals surface area contributed by atoms with Crippen LogP contribution in [0.3, 0.4) is 0 Å². The van der Waals surface area contributed by atoms with Crippen LogP contribution in [-0.2, 0) is 0 Å². The molecule has 0 fully saturated rings. The molecule has 0 aliphatic heterocycles. The van der Waals surface area contributed by atoms with E-state index in [2.05, 4.69) is 37.9 Å². The van der Waals surface area contributed by atoms with Crippen molar-refractivity contribution in [3.63, 3.8) is 0 Å². The summed E-state index contributed by atoms with van der Waals surface area (Å²) in [4.78, 5) is 21.0. The van der Waals surface area contributed by atoms with Crippen LogP contribution in [0.5, 0.6) is 0 Å². The van der Waals surface area contributed by atoms with Crippen LogP contribution in [-0.4, -0.2) is 20.4 Å². The summed E-state index contributed by atoms with van der Waals surface area (Å²) < 4.78 is 27.7. The van der Waals surface area contributed by atoms with Gasteiger partial charge in [-0.25, -0.2) is 9.97 Å². The topological polar surface area (TPSA) is 59.8 Å². The maximum Gasteiger partial charge on any atom is 0.320 e. The molecule has 0 unspecified atom stereocenters. The summed E-state index contributed by atoms with van der Waals surface area (Å²) in [7, 11) is 0. The zero-order valence-corrected chi connectivity index (χ0v) is 15.3. The molecule has 0 atom stereocenters. The molecule has 2 heterocycles. The summed E-state index contributed by atoms with van der Waals surface area (Å²) in [6.07, 6.45) is 2.52. The summed E-state index contributed by atoms with van der Waals surface area (Å²) in [5, 5.41) is 3.04. The van der Waals surface area contributed by atoms with Gasteiger partial charge in [-0.2, -0.15) is 8.78 Å². The van der Waals surface area contributed by atoms with Gasteiger partial charge in [-0.1, -0.05) is 17.4 Å². The van der Waals surface area contributed by atoms with Gasteiger partial charge in [0.1, 0.15) is 0 Å². The van der Waals surface area contributed by atoms with Crippen LogP contribution in [0.15, 0.2) is 36.7 Å². The quantitative estimate of drug-likeness (QED) is 0.581. The SMILES string of the molecule is Cc1nc(NC(=O)c2cccc(I)c2)sc1-c1nccn1C(F)F. The van der Waals surface area contributed by atoms with Gasteiger partial charge in [0.25, 0.3) is 5.91 Å². The molecule has 2 aromatic heterocycles. The van der Waals surface area contributed by atoms with Gasteiger partial charge in [0.15, 0.2) is 11.0 Å². The number of rotatable bonds is 4. The second-order valence-electron chi connectivity index (χ2n) is 4.83. The summed E-state index contributed by atoms with van der Waals surface area (Å²) in [6.45, 7) is -0.995. The zero-order valence-electron chi connectivity index (χ0n) is 12.3. The Labute approximate surface area is 153 Å². The van der Waals surface area contributed by atoms with Crippen LogP contribution in [0, 0.1) is 10.5 Å². The molecule has 0 bridgehead atoms. The lowest BCUT2D eigenvalue weighted by atomic mass is 10.2. The van der Waals surface area contributed by atoms with Crippen LogP contribution in [0.4, 0.5) is 13.9 Å². The van der Waals surface area contributed by atoms with Gasteiger partial charge in [0.05, 0.1) is 10.6 Å². The largest absolute Gasteiger partial charge is 0.320 e. The molecule has 0 saturated carbocycles. The molecular formula is C15H11F2IN4OS. The first-order chi connectivity index (χ1) is 11.5. The van der Waals surface area contributed by atoms with Crippen LogP contribution in [0.1, 0.15) is 22.6 Å². The Balaban J connectivity index is 1.87. The molecule has 1 N–H and O–H groups in total. The summed E-state index contributed by atoms with van der Waals surface area (Å²) in [6, 6.07) is 7.12. The van der Waals surface area contributed by atoms with Gasteiger partial charge < -0.3 is 0 Å². The molecule has 9 heteroatoms. The highest BCUT2D eigenvalue weighted by Crippen LogP contribution is 2.33. The molecule has 5 nitrogen and oxygen atoms in total. The van der Waals surface area contributed by atoms with E-state index in [1.165, 1.54) is 12.4 Å². The minimum absolute atomic E-state index is 0.134. The smallest absolute Gasteiger partial charge is 0.298 e. The lowest BCUT2D eigenvalue weighted by Gasteiger charge is -2.04. The first-order valence-corrected chi connectivity index (χ1v) is 8.71. The second kappa shape index (κ2) is 6.93. The van der Waals surface area contributed by atoms with E-state index in [4.69, 9.17) is 0 Å². The minimum atomic E-state index is -2.69. The summed E-state index contributed by atoms with van der Waals surface area (Å²) >= 11 is 3.24. The number of hydrogen-bond acceptors (Lipinski definition) is 4. The van der Waals surface area contributed by atoms with Crippen molar-refractivity contribution in [2.75, 3.05) is 5.32 Å². The lowest BCUT2D eigenvalue weighted by Crippen LogP contribution is -2.11. The van der Waals surface area contributed by atoms with E-state index in [1.807, 2.05) is 6.07 Å². The molecule has 0 spiro atoms. The first-order valence-electron chi connectivity index (χ1n) is 6.81. The van der Waals surface area contributed by atoms with E-state index in [0.29, 0.717) is 21.3 Å². The number of nitrogens with one attached hydrogen (secondary N) is 1. The van der Waals surface area contributed by atoms with E-state index in [9.17, 15) is 13.6 Å². The van der Waals surface area contributed by atoms with E-state index < -0.39 is 6.55 Å². The number of aryl methyl sites for hydroxylation is 1. The number of carbonyl (C=O) groups is 1. The Morgan fingerprint density at radius 3 is 2.92 bits per heavy atom. The molecule has 1 amide bonds. The molecule has 0 radical (unpaired) electrons. The molecule has 1 aromatic carbocycles. The molecule has 0 aliphatic rings. The molecule has 0 saturated heterocycles. The number of alkyl halides is 2. The predicted molar refractivity (Wildman–Crippen MR) is 96.4 cm³/mol. The van der Waals surface area contributed by atoms with Gasteiger partial charge in [0, 0.05) is 21.5 Å². The molecule has 0 aliphatic carbocycles. The van der Waals surface area contributed by atoms with Crippen LogP contribution < -0.4 is 5.32 Å². The zero-order chi connectivity index (χ0) is 17.3. The first kappa shape index (κ1) is 17.0. The Bertz CT molecular complexity index is 893. The Morgan fingerprint density at radius 1 is 1.42 bits per heavy atom. The average Bonchev–Trinajstić information content (AvgIpc) is 3.13. The summed E-state index contributed by atoms with van der Waals surface area (Å²) in [5.74, 6) is -0.166. The van der Waals surface area contributed by atoms with Gasteiger partial charge in [-0.15, -0.1) is 0 Å². The molecule has 3 rings (SSSR count). The van der Waals surface area contributed by atoms with Crippen molar-refractivity contribution in [3.05, 3.63) is 51.5 Å². The standard InChI is InChI=1S/C15H11F2IN4OS/c1-8-11(12-19-5-6-22(12)14(16)17)24-15(20-8)21-13(23)9-3-2-4-10(18)7-9/h2-7,14H,1H3,(H,20,21,23). The third-order valence-electron chi connectivity index (χ3n) is 3.19. The van der Waals surface area contributed by atoms with Crippen molar-refractivity contribution in [2.24, 2.45) is 0 Å². The number of aromatic nitrogens is 3. The Kier molecular flexibility index (Phi) is 4.90. The normalized spacial score (nSPS) is 11.0. The van der Waals surface area contributed by atoms with Crippen LogP contribution in [0.25, 0.3) is 10.7 Å². The number of halogens is 3. The predicted octanol–water partition coefficient (Wildman–Crippen LogP) is 4.57. The monoisotopic (exact) mass is 460 g/mol. The maximum absolute atomic E-state index is 13.0. The number of hydrogen-bond donors (Lipinski definition) is 1. The van der Waals surface area contributed by atoms with E-state index in [-0.39, 0.29) is 11.7 Å². The fourth-order valence-corrected chi connectivity index (χ4v) is 3.61. The van der Waals surface area contributed by atoms with Crippen molar-refractivity contribution in [1.82, 2.24) is 14.5 Å². The van der Waals surface area contributed by atoms with E-state index in [0.717, 1.165) is 19.5 Å². The van der Waals surface area contributed by atoms with Gasteiger partial charge >= 0.3 is 6.55 Å². The second-order valence-corrected chi connectivity index (χ2v) is 7.08. The number of nitrogens with zero attached hydrogens (tertiary/aromatic N) is 3. The number of amides is 1. The van der Waals surface area contributed by atoms with Crippen molar-refractivity contribution in [3.8, 4) is 10.7 Å². The van der Waals surface area contributed by atoms with Crippen molar-refractivity contribution < 1.29 is 13.6 Å². The number of anilines is 1. The van der Waals surface area contributed by atoms with Gasteiger partial charge in [-0.3, -0.25) is 14.7 Å².